The van der Waals surface area contributed by atoms with Crippen molar-refractivity contribution in [2.75, 3.05) is 13.1 Å². The second kappa shape index (κ2) is 4.22. The Morgan fingerprint density at radius 3 is 2.28 bits per heavy atom. The van der Waals surface area contributed by atoms with E-state index in [-0.39, 0.29) is 22.8 Å². The molecule has 0 radical (unpaired) electrons. The van der Waals surface area contributed by atoms with E-state index in [9.17, 15) is 4.79 Å². The van der Waals surface area contributed by atoms with Crippen molar-refractivity contribution in [2.24, 2.45) is 28.4 Å². The van der Waals surface area contributed by atoms with Crippen LogP contribution < -0.4 is 5.73 Å². The molecule has 2 atom stereocenters. The molecule has 1 saturated heterocycles. The predicted molar refractivity (Wildman–Crippen MR) is 74.0 cm³/mol. The number of rotatable bonds is 2. The third kappa shape index (κ3) is 1.97. The molecule has 1 amide bonds. The Morgan fingerprint density at radius 2 is 1.83 bits per heavy atom. The Hall–Kier alpha value is -0.570. The van der Waals surface area contributed by atoms with Crippen LogP contribution in [0.5, 0.6) is 0 Å². The van der Waals surface area contributed by atoms with Gasteiger partial charge in [-0.2, -0.15) is 0 Å². The van der Waals surface area contributed by atoms with Crippen LogP contribution in [-0.4, -0.2) is 29.9 Å². The Balaban J connectivity index is 2.03. The van der Waals surface area contributed by atoms with E-state index in [1.54, 1.807) is 0 Å². The number of hydrogen-bond donors (Lipinski definition) is 1. The first-order valence-corrected chi connectivity index (χ1v) is 7.24. The maximum atomic E-state index is 12.6. The number of carbonyl (C=O) groups is 1. The first-order valence-electron chi connectivity index (χ1n) is 7.24. The minimum Gasteiger partial charge on any atom is -0.342 e. The highest BCUT2D eigenvalue weighted by Crippen LogP contribution is 2.68. The second-order valence-electron chi connectivity index (χ2n) is 7.42. The predicted octanol–water partition coefficient (Wildman–Crippen LogP) is 2.25. The number of carbonyl (C=O) groups excluding carboxylic acids is 1. The largest absolute Gasteiger partial charge is 0.342 e. The number of amides is 1. The standard InChI is InChI=1S/C15H28N2O/c1-10(16)11-7-6-8-17(9-11)13(18)12-14(2,3)15(12,4)5/h10-12H,6-9,16H2,1-5H3/t10-,11-/m1/s1. The van der Waals surface area contributed by atoms with Gasteiger partial charge in [-0.3, -0.25) is 4.79 Å². The zero-order chi connectivity index (χ0) is 13.7. The van der Waals surface area contributed by atoms with Crippen LogP contribution in [0.3, 0.4) is 0 Å². The third-order valence-corrected chi connectivity index (χ3v) is 5.78. The summed E-state index contributed by atoms with van der Waals surface area (Å²) in [5, 5.41) is 0. The molecule has 0 aromatic carbocycles. The van der Waals surface area contributed by atoms with Gasteiger partial charge in [-0.1, -0.05) is 27.7 Å². The van der Waals surface area contributed by atoms with Gasteiger partial charge in [0.1, 0.15) is 0 Å². The first-order chi connectivity index (χ1) is 8.19. The van der Waals surface area contributed by atoms with Gasteiger partial charge < -0.3 is 10.6 Å². The Bertz CT molecular complexity index is 332. The van der Waals surface area contributed by atoms with Gasteiger partial charge in [0.15, 0.2) is 0 Å². The van der Waals surface area contributed by atoms with Gasteiger partial charge in [0.05, 0.1) is 0 Å². The summed E-state index contributed by atoms with van der Waals surface area (Å²) in [6, 6.07) is 0.195. The van der Waals surface area contributed by atoms with Crippen molar-refractivity contribution in [3.63, 3.8) is 0 Å². The molecule has 3 heteroatoms. The molecule has 104 valence electrons. The van der Waals surface area contributed by atoms with Crippen molar-refractivity contribution in [2.45, 2.75) is 53.5 Å². The maximum absolute atomic E-state index is 12.6. The van der Waals surface area contributed by atoms with Gasteiger partial charge in [0, 0.05) is 25.0 Å². The average molecular weight is 252 g/mol. The van der Waals surface area contributed by atoms with Crippen molar-refractivity contribution < 1.29 is 4.79 Å². The SMILES string of the molecule is C[C@@H](N)[C@@H]1CCCN(C(=O)C2C(C)(C)C2(C)C)C1. The number of hydrogen-bond acceptors (Lipinski definition) is 2. The minimum absolute atomic E-state index is 0.144. The summed E-state index contributed by atoms with van der Waals surface area (Å²) in [5.41, 5.74) is 6.28. The molecular weight excluding hydrogens is 224 g/mol. The maximum Gasteiger partial charge on any atom is 0.226 e. The van der Waals surface area contributed by atoms with Crippen molar-refractivity contribution in [1.29, 1.82) is 0 Å². The molecular formula is C15H28N2O. The van der Waals surface area contributed by atoms with E-state index in [0.29, 0.717) is 11.8 Å². The molecule has 0 aromatic heterocycles. The third-order valence-electron chi connectivity index (χ3n) is 5.78. The topological polar surface area (TPSA) is 46.3 Å². The lowest BCUT2D eigenvalue weighted by atomic mass is 9.91. The molecule has 0 spiro atoms. The molecule has 2 fully saturated rings. The van der Waals surface area contributed by atoms with Crippen LogP contribution in [0.15, 0.2) is 0 Å². The summed E-state index contributed by atoms with van der Waals surface area (Å²) in [7, 11) is 0. The van der Waals surface area contributed by atoms with Crippen molar-refractivity contribution in [3.8, 4) is 0 Å². The highest BCUT2D eigenvalue weighted by molar-refractivity contribution is 5.84. The quantitative estimate of drug-likeness (QED) is 0.819. The van der Waals surface area contributed by atoms with E-state index in [2.05, 4.69) is 39.5 Å². The molecule has 2 rings (SSSR count). The van der Waals surface area contributed by atoms with Gasteiger partial charge in [-0.05, 0) is 36.5 Å². The molecule has 0 aromatic rings. The molecule has 18 heavy (non-hydrogen) atoms. The molecule has 1 aliphatic heterocycles. The minimum atomic E-state index is 0.144. The molecule has 1 heterocycles. The van der Waals surface area contributed by atoms with E-state index < -0.39 is 0 Å². The summed E-state index contributed by atoms with van der Waals surface area (Å²) in [4.78, 5) is 14.7. The molecule has 0 unspecified atom stereocenters. The lowest BCUT2D eigenvalue weighted by Crippen LogP contribution is -2.46. The van der Waals surface area contributed by atoms with Crippen LogP contribution in [-0.2, 0) is 4.79 Å². The van der Waals surface area contributed by atoms with Gasteiger partial charge >= 0.3 is 0 Å². The van der Waals surface area contributed by atoms with Crippen LogP contribution in [0, 0.1) is 22.7 Å². The lowest BCUT2D eigenvalue weighted by molar-refractivity contribution is -0.135. The molecule has 1 saturated carbocycles. The van der Waals surface area contributed by atoms with Gasteiger partial charge in [0.2, 0.25) is 5.91 Å². The fraction of sp³-hybridized carbons (Fsp3) is 0.933. The number of nitrogens with zero attached hydrogens (tertiary/aromatic N) is 1. The van der Waals surface area contributed by atoms with Crippen LogP contribution in [0.25, 0.3) is 0 Å². The van der Waals surface area contributed by atoms with E-state index in [4.69, 9.17) is 5.73 Å². The van der Waals surface area contributed by atoms with E-state index >= 15 is 0 Å². The highest BCUT2D eigenvalue weighted by Gasteiger charge is 2.68. The highest BCUT2D eigenvalue weighted by atomic mass is 16.2. The monoisotopic (exact) mass is 252 g/mol. The zero-order valence-corrected chi connectivity index (χ0v) is 12.5. The average Bonchev–Trinajstić information content (AvgIpc) is 2.69. The molecule has 2 aliphatic rings. The normalized spacial score (nSPS) is 32.1. The van der Waals surface area contributed by atoms with E-state index in [1.165, 1.54) is 6.42 Å². The van der Waals surface area contributed by atoms with Crippen LogP contribution in [0.1, 0.15) is 47.5 Å². The van der Waals surface area contributed by atoms with Crippen LogP contribution in [0.4, 0.5) is 0 Å². The summed E-state index contributed by atoms with van der Waals surface area (Å²) in [6.07, 6.45) is 2.27. The van der Waals surface area contributed by atoms with Crippen LogP contribution in [0.2, 0.25) is 0 Å². The summed E-state index contributed by atoms with van der Waals surface area (Å²) < 4.78 is 0. The summed E-state index contributed by atoms with van der Waals surface area (Å²) in [5.74, 6) is 1.03. The van der Waals surface area contributed by atoms with Gasteiger partial charge in [0.25, 0.3) is 0 Å². The van der Waals surface area contributed by atoms with Gasteiger partial charge in [-0.25, -0.2) is 0 Å². The van der Waals surface area contributed by atoms with Crippen molar-refractivity contribution >= 4 is 5.91 Å². The van der Waals surface area contributed by atoms with Crippen molar-refractivity contribution in [1.82, 2.24) is 4.90 Å². The van der Waals surface area contributed by atoms with Crippen LogP contribution >= 0.6 is 0 Å². The fourth-order valence-corrected chi connectivity index (χ4v) is 3.64. The molecule has 3 nitrogen and oxygen atoms in total. The second-order valence-corrected chi connectivity index (χ2v) is 7.42. The van der Waals surface area contributed by atoms with E-state index in [1.807, 2.05) is 0 Å². The summed E-state index contributed by atoms with van der Waals surface area (Å²) >= 11 is 0. The lowest BCUT2D eigenvalue weighted by Gasteiger charge is -2.35. The first kappa shape index (κ1) is 13.9. The summed E-state index contributed by atoms with van der Waals surface area (Å²) in [6.45, 7) is 12.7. The Labute approximate surface area is 111 Å². The molecule has 1 aliphatic carbocycles. The smallest absolute Gasteiger partial charge is 0.226 e. The Morgan fingerprint density at radius 1 is 1.28 bits per heavy atom. The van der Waals surface area contributed by atoms with Crippen molar-refractivity contribution in [3.05, 3.63) is 0 Å². The zero-order valence-electron chi connectivity index (χ0n) is 12.5. The van der Waals surface area contributed by atoms with E-state index in [0.717, 1.165) is 19.5 Å². The van der Waals surface area contributed by atoms with Gasteiger partial charge in [-0.15, -0.1) is 0 Å². The molecule has 2 N–H and O–H groups in total. The fourth-order valence-electron chi connectivity index (χ4n) is 3.64. The Kier molecular flexibility index (Phi) is 3.25. The number of likely N-dealkylation sites (tertiary alicyclic amines) is 1. The number of piperidine rings is 1. The number of nitrogens with two attached hydrogens (primary N) is 1. The molecule has 0 bridgehead atoms.